The second-order valence-electron chi connectivity index (χ2n) is 27.2. The second-order valence-corrected chi connectivity index (χ2v) is 30.1. The van der Waals surface area contributed by atoms with Crippen LogP contribution >= 0.6 is 15.6 Å². The highest BCUT2D eigenvalue weighted by Gasteiger charge is 2.29. The van der Waals surface area contributed by atoms with Crippen LogP contribution in [0.25, 0.3) is 0 Å². The van der Waals surface area contributed by atoms with Gasteiger partial charge >= 0.3 is 33.6 Å². The molecule has 0 bridgehead atoms. The predicted octanol–water partition coefficient (Wildman–Crippen LogP) is 24.8. The molecule has 5 unspecified atom stereocenters. The van der Waals surface area contributed by atoms with Crippen LogP contribution in [-0.4, -0.2) is 95.9 Å². The minimum atomic E-state index is -4.95. The fourth-order valence-electron chi connectivity index (χ4n) is 10.7. The second kappa shape index (κ2) is 80.4. The summed E-state index contributed by atoms with van der Waals surface area (Å²) in [6.45, 7) is 2.38. The number of unbranched alkanes of at least 4 members (excludes halogenated alkanes) is 26. The standard InChI is InChI=1S/C89H148O16P2/c1-4-7-10-13-16-19-22-25-28-31-34-36-38-39-40-41-42-43-45-47-49-51-54-57-60-63-66-69-72-75-87(92)99-78-84(90)79-101-106(95,96)102-80-85(91)81-103-107(97,98)104-83-86(105-89(94)77-74-71-68-65-62-59-56-53-48-33-30-27-24-21-18-15-12-9-6-3)82-100-88(93)76-73-70-67-64-61-58-55-52-50-46-44-37-35-32-29-26-23-20-17-14-11-8-5-2/h8-9,11-12,16-21,25-30,34-37,39-40,46,48,50,53,59,62,84-86,90-91H,4-7,10,13-15,22-24,31-33,38,41-45,47,49,51-52,54-58,60-61,63-83H2,1-3H3,(H,95,96)(H,97,98)/b11-8-,12-9-,19-16-,20-17-,21-18-,28-25-,29-26-,30-27-,36-34-,37-35-,40-39-,50-46-,53-48-,62-59-. The molecule has 16 nitrogen and oxygen atoms in total. The van der Waals surface area contributed by atoms with Crippen LogP contribution in [0.15, 0.2) is 170 Å². The third kappa shape index (κ3) is 81.7. The van der Waals surface area contributed by atoms with E-state index >= 15 is 0 Å². The van der Waals surface area contributed by atoms with Gasteiger partial charge in [-0.25, -0.2) is 9.13 Å². The zero-order chi connectivity index (χ0) is 78.0. The van der Waals surface area contributed by atoms with Crippen molar-refractivity contribution in [1.29, 1.82) is 0 Å². The van der Waals surface area contributed by atoms with Crippen molar-refractivity contribution >= 4 is 33.6 Å². The number of hydrogen-bond donors (Lipinski definition) is 4. The number of aliphatic hydroxyl groups excluding tert-OH is 2. The summed E-state index contributed by atoms with van der Waals surface area (Å²) in [6.07, 6.45) is 103. The van der Waals surface area contributed by atoms with Gasteiger partial charge in [-0.15, -0.1) is 0 Å². The first-order valence-electron chi connectivity index (χ1n) is 41.4. The molecule has 0 aliphatic heterocycles. The lowest BCUT2D eigenvalue weighted by molar-refractivity contribution is -0.161. The molecule has 0 aromatic rings. The highest BCUT2D eigenvalue weighted by molar-refractivity contribution is 7.47. The Morgan fingerprint density at radius 2 is 0.495 bits per heavy atom. The Kier molecular flexibility index (Phi) is 76.6. The van der Waals surface area contributed by atoms with Crippen LogP contribution in [0.5, 0.6) is 0 Å². The minimum absolute atomic E-state index is 0.0566. The van der Waals surface area contributed by atoms with Gasteiger partial charge < -0.3 is 34.2 Å². The molecule has 5 atom stereocenters. The first-order chi connectivity index (χ1) is 52.2. The number of rotatable bonds is 77. The van der Waals surface area contributed by atoms with Gasteiger partial charge in [0, 0.05) is 19.3 Å². The smallest absolute Gasteiger partial charge is 0.463 e. The molecule has 0 aliphatic rings. The van der Waals surface area contributed by atoms with Crippen LogP contribution in [0.4, 0.5) is 0 Å². The first-order valence-corrected chi connectivity index (χ1v) is 44.4. The summed E-state index contributed by atoms with van der Waals surface area (Å²) >= 11 is 0. The van der Waals surface area contributed by atoms with E-state index in [9.17, 15) is 43.5 Å². The molecule has 18 heteroatoms. The van der Waals surface area contributed by atoms with Gasteiger partial charge in [0.05, 0.1) is 26.4 Å². The normalized spacial score (nSPS) is 14.8. The third-order valence-corrected chi connectivity index (χ3v) is 18.8. The van der Waals surface area contributed by atoms with Crippen molar-refractivity contribution in [1.82, 2.24) is 0 Å². The Hall–Kier alpha value is -5.09. The highest BCUT2D eigenvalue weighted by Crippen LogP contribution is 2.45. The van der Waals surface area contributed by atoms with Crippen LogP contribution in [0.2, 0.25) is 0 Å². The third-order valence-electron chi connectivity index (χ3n) is 16.9. The van der Waals surface area contributed by atoms with Gasteiger partial charge in [0.15, 0.2) is 6.10 Å². The molecule has 0 aromatic heterocycles. The lowest BCUT2D eigenvalue weighted by atomic mass is 10.0. The van der Waals surface area contributed by atoms with E-state index in [0.717, 1.165) is 173 Å². The summed E-state index contributed by atoms with van der Waals surface area (Å²) in [5.41, 5.74) is 0. The van der Waals surface area contributed by atoms with E-state index in [2.05, 4.69) is 191 Å². The maximum absolute atomic E-state index is 13.0. The molecular formula is C89H148O16P2. The fourth-order valence-corrected chi connectivity index (χ4v) is 12.3. The van der Waals surface area contributed by atoms with Gasteiger partial charge in [0.1, 0.15) is 25.4 Å². The molecule has 4 N–H and O–H groups in total. The monoisotopic (exact) mass is 1540 g/mol. The van der Waals surface area contributed by atoms with E-state index in [4.69, 9.17) is 32.3 Å². The molecule has 107 heavy (non-hydrogen) atoms. The lowest BCUT2D eigenvalue weighted by Crippen LogP contribution is -2.30. The number of allylic oxidation sites excluding steroid dienone is 28. The number of phosphoric acid groups is 2. The largest absolute Gasteiger partial charge is 0.472 e. The molecule has 0 rings (SSSR count). The molecule has 610 valence electrons. The molecule has 0 radical (unpaired) electrons. The van der Waals surface area contributed by atoms with Crippen LogP contribution in [0, 0.1) is 0 Å². The lowest BCUT2D eigenvalue weighted by Gasteiger charge is -2.21. The quantitative estimate of drug-likeness (QED) is 0.0146. The number of hydrogen-bond acceptors (Lipinski definition) is 14. The van der Waals surface area contributed by atoms with Gasteiger partial charge in [-0.3, -0.25) is 32.5 Å². The van der Waals surface area contributed by atoms with E-state index in [-0.39, 0.29) is 19.3 Å². The van der Waals surface area contributed by atoms with E-state index in [1.54, 1.807) is 0 Å². The average Bonchev–Trinajstić information content (AvgIpc) is 0.918. The number of carbonyl (C=O) groups is 3. The van der Waals surface area contributed by atoms with Crippen molar-refractivity contribution in [2.75, 3.05) is 39.6 Å². The fraction of sp³-hybridized carbons (Fsp3) is 0.652. The van der Waals surface area contributed by atoms with Gasteiger partial charge in [-0.05, 0) is 154 Å². The molecular weight excluding hydrogens is 1390 g/mol. The van der Waals surface area contributed by atoms with Crippen LogP contribution in [0.3, 0.4) is 0 Å². The van der Waals surface area contributed by atoms with Gasteiger partial charge in [-0.1, -0.05) is 313 Å². The highest BCUT2D eigenvalue weighted by atomic mass is 31.2. The number of esters is 3. The van der Waals surface area contributed by atoms with Crippen molar-refractivity contribution in [3.8, 4) is 0 Å². The maximum atomic E-state index is 13.0. The summed E-state index contributed by atoms with van der Waals surface area (Å²) < 4.78 is 61.2. The number of aliphatic hydroxyl groups is 2. The molecule has 0 aliphatic carbocycles. The van der Waals surface area contributed by atoms with Gasteiger partial charge in [0.2, 0.25) is 0 Å². The van der Waals surface area contributed by atoms with Crippen molar-refractivity contribution in [3.63, 3.8) is 0 Å². The summed E-state index contributed by atoms with van der Waals surface area (Å²) in [7, 11) is -9.82. The zero-order valence-electron chi connectivity index (χ0n) is 66.7. The Bertz CT molecular complexity index is 2620. The van der Waals surface area contributed by atoms with Gasteiger partial charge in [0.25, 0.3) is 0 Å². The SMILES string of the molecule is CC/C=C\C/C=C\C/C=C\C/C=C\C/C=C\CCCCCCCCCC(=O)OCC(COP(=O)(O)OCC(O)COP(=O)(O)OCC(O)COC(=O)CCCCCCCCCCCCCCC/C=C\C/C=C\C/C=C\C/C=C\CCCCC)OC(=O)CCCCC/C=C\C/C=C\C/C=C\C/C=C\C/C=C\CC. The van der Waals surface area contributed by atoms with Crippen LogP contribution < -0.4 is 0 Å². The first kappa shape index (κ1) is 102. The van der Waals surface area contributed by atoms with Crippen molar-refractivity contribution in [3.05, 3.63) is 170 Å². The summed E-state index contributed by atoms with van der Waals surface area (Å²) in [5, 5.41) is 20.7. The van der Waals surface area contributed by atoms with E-state index in [1.165, 1.54) is 83.5 Å². The Labute approximate surface area is 650 Å². The number of phosphoric ester groups is 2. The van der Waals surface area contributed by atoms with Crippen molar-refractivity contribution in [2.24, 2.45) is 0 Å². The Morgan fingerprint density at radius 3 is 0.794 bits per heavy atom. The molecule has 0 saturated carbocycles. The average molecular weight is 1540 g/mol. The molecule has 0 heterocycles. The summed E-state index contributed by atoms with van der Waals surface area (Å²) in [6, 6.07) is 0. The summed E-state index contributed by atoms with van der Waals surface area (Å²) in [4.78, 5) is 58.8. The molecule has 0 spiro atoms. The van der Waals surface area contributed by atoms with Crippen LogP contribution in [-0.2, 0) is 55.8 Å². The van der Waals surface area contributed by atoms with E-state index < -0.39 is 91.5 Å². The van der Waals surface area contributed by atoms with E-state index in [0.29, 0.717) is 19.3 Å². The molecule has 0 aromatic carbocycles. The minimum Gasteiger partial charge on any atom is -0.463 e. The van der Waals surface area contributed by atoms with Crippen molar-refractivity contribution in [2.45, 2.75) is 334 Å². The van der Waals surface area contributed by atoms with Crippen LogP contribution in [0.1, 0.15) is 316 Å². The number of carbonyl (C=O) groups excluding carboxylic acids is 3. The molecule has 0 fully saturated rings. The van der Waals surface area contributed by atoms with Gasteiger partial charge in [-0.2, -0.15) is 0 Å². The predicted molar refractivity (Wildman–Crippen MR) is 445 cm³/mol. The van der Waals surface area contributed by atoms with E-state index in [1.807, 2.05) is 0 Å². The summed E-state index contributed by atoms with van der Waals surface area (Å²) in [5.74, 6) is -1.63. The zero-order valence-corrected chi connectivity index (χ0v) is 68.5. The Balaban J connectivity index is 4.64. The maximum Gasteiger partial charge on any atom is 0.472 e. The van der Waals surface area contributed by atoms with Crippen molar-refractivity contribution < 1.29 is 75.8 Å². The Morgan fingerprint density at radius 1 is 0.271 bits per heavy atom. The topological polar surface area (TPSA) is 231 Å². The molecule has 0 amide bonds. The molecule has 0 saturated heterocycles. The number of ether oxygens (including phenoxy) is 3.